The molecule has 4 N–H and O–H groups in total. The average molecular weight is 581 g/mol. The van der Waals surface area contributed by atoms with E-state index in [1.807, 2.05) is 0 Å². The van der Waals surface area contributed by atoms with Crippen LogP contribution in [0, 0.1) is 17.2 Å². The number of hydrogen-bond donors (Lipinski definition) is 3. The molecule has 0 unspecified atom stereocenters. The smallest absolute Gasteiger partial charge is 0.268 e. The molecule has 10 nitrogen and oxygen atoms in total. The molecule has 0 saturated carbocycles. The Morgan fingerprint density at radius 1 is 0.977 bits per heavy atom. The number of hydrogen-bond acceptors (Lipinski definition) is 7. The van der Waals surface area contributed by atoms with Crippen molar-refractivity contribution in [2.75, 3.05) is 11.1 Å². The fourth-order valence-electron chi connectivity index (χ4n) is 4.29. The molecule has 2 amide bonds. The molecule has 0 spiro atoms. The summed E-state index contributed by atoms with van der Waals surface area (Å²) in [5.74, 6) is -2.45. The first kappa shape index (κ1) is 28.5. The predicted molar refractivity (Wildman–Crippen MR) is 154 cm³/mol. The molecule has 0 saturated heterocycles. The first-order valence-corrected chi connectivity index (χ1v) is 12.7. The molecule has 5 rings (SSSR count). The van der Waals surface area contributed by atoms with Crippen LogP contribution in [0.3, 0.4) is 0 Å². The number of nitrogens with one attached hydrogen (secondary N) is 2. The van der Waals surface area contributed by atoms with Crippen LogP contribution in [-0.2, 0) is 11.2 Å². The number of carbonyl (C=O) groups is 2. The van der Waals surface area contributed by atoms with Crippen LogP contribution in [0.1, 0.15) is 15.9 Å². The molecule has 0 radical (unpaired) electrons. The van der Waals surface area contributed by atoms with Crippen LogP contribution >= 0.6 is 0 Å². The molecule has 0 fully saturated rings. The van der Waals surface area contributed by atoms with Gasteiger partial charge < -0.3 is 15.8 Å². The van der Waals surface area contributed by atoms with E-state index in [0.717, 1.165) is 6.07 Å². The second kappa shape index (κ2) is 12.2. The number of rotatable bonds is 8. The minimum absolute atomic E-state index is 0.0294. The number of anilines is 2. The lowest BCUT2D eigenvalue weighted by atomic mass is 10.0. The number of nitrogens with two attached hydrogens (primary N) is 1. The van der Waals surface area contributed by atoms with Crippen molar-refractivity contribution in [3.63, 3.8) is 0 Å². The van der Waals surface area contributed by atoms with Crippen molar-refractivity contribution in [3.8, 4) is 28.3 Å². The fourth-order valence-corrected chi connectivity index (χ4v) is 4.29. The highest BCUT2D eigenvalue weighted by Gasteiger charge is 2.17. The second-order valence-electron chi connectivity index (χ2n) is 9.22. The third-order valence-electron chi connectivity index (χ3n) is 6.37. The van der Waals surface area contributed by atoms with E-state index >= 15 is 4.39 Å². The molecule has 0 bridgehead atoms. The van der Waals surface area contributed by atoms with Gasteiger partial charge in [-0.25, -0.2) is 19.3 Å². The molecule has 3 aromatic carbocycles. The molecule has 2 aromatic heterocycles. The molecule has 43 heavy (non-hydrogen) atoms. The van der Waals surface area contributed by atoms with E-state index in [2.05, 4.69) is 15.4 Å². The SMILES string of the molecule is N=NC(=O)Cc1ccc(-c2c(Oc3ccc(NC(=O)c4cccn(-c5ccc(F)cc5)c4=O)cc3F)ccnc2N)cc1. The molecule has 214 valence electrons. The highest BCUT2D eigenvalue weighted by Crippen LogP contribution is 2.37. The summed E-state index contributed by atoms with van der Waals surface area (Å²) in [6.45, 7) is 0. The minimum atomic E-state index is -0.802. The van der Waals surface area contributed by atoms with Gasteiger partial charge in [-0.1, -0.05) is 24.3 Å². The summed E-state index contributed by atoms with van der Waals surface area (Å²) in [6, 6.07) is 20.0. The lowest BCUT2D eigenvalue weighted by molar-refractivity contribution is -0.117. The van der Waals surface area contributed by atoms with Crippen molar-refractivity contribution in [2.24, 2.45) is 5.11 Å². The maximum atomic E-state index is 15.2. The lowest BCUT2D eigenvalue weighted by Gasteiger charge is -2.14. The van der Waals surface area contributed by atoms with Crippen molar-refractivity contribution in [2.45, 2.75) is 6.42 Å². The lowest BCUT2D eigenvalue weighted by Crippen LogP contribution is -2.27. The third-order valence-corrected chi connectivity index (χ3v) is 6.37. The summed E-state index contributed by atoms with van der Waals surface area (Å²) in [5, 5.41) is 5.39. The van der Waals surface area contributed by atoms with Crippen LogP contribution in [0.15, 0.2) is 107 Å². The monoisotopic (exact) mass is 580 g/mol. The van der Waals surface area contributed by atoms with E-state index in [-0.39, 0.29) is 35.0 Å². The Labute approximate surface area is 242 Å². The van der Waals surface area contributed by atoms with Crippen molar-refractivity contribution >= 4 is 23.3 Å². The Bertz CT molecular complexity index is 1910. The summed E-state index contributed by atoms with van der Waals surface area (Å²) in [7, 11) is 0. The topological polar surface area (TPSA) is 153 Å². The van der Waals surface area contributed by atoms with E-state index in [4.69, 9.17) is 16.0 Å². The van der Waals surface area contributed by atoms with Gasteiger partial charge in [-0.3, -0.25) is 19.0 Å². The van der Waals surface area contributed by atoms with Crippen LogP contribution in [0.25, 0.3) is 16.8 Å². The van der Waals surface area contributed by atoms with Crippen molar-refractivity contribution < 1.29 is 23.1 Å². The summed E-state index contributed by atoms with van der Waals surface area (Å²) in [5.41, 5.74) is 14.2. The Kier molecular flexibility index (Phi) is 8.10. The zero-order chi connectivity index (χ0) is 30.5. The summed E-state index contributed by atoms with van der Waals surface area (Å²) >= 11 is 0. The normalized spacial score (nSPS) is 10.7. The largest absolute Gasteiger partial charge is 0.453 e. The number of benzene rings is 3. The second-order valence-corrected chi connectivity index (χ2v) is 9.22. The summed E-state index contributed by atoms with van der Waals surface area (Å²) in [4.78, 5) is 41.4. The minimum Gasteiger partial charge on any atom is -0.453 e. The number of ether oxygens (including phenoxy) is 1. The standard InChI is InChI=1S/C31H22F2N6O4/c32-20-7-10-22(11-8-20)39-15-1-2-23(31(39)42)30(41)37-21-9-12-25(24(33)17-21)43-26-13-14-36-29(34)28(26)19-5-3-18(4-6-19)16-27(40)38-35/h1-15,17,35H,16H2,(H2,34,36)(H,37,41). The molecular weight excluding hydrogens is 558 g/mol. The van der Waals surface area contributed by atoms with Gasteiger partial charge >= 0.3 is 0 Å². The zero-order valence-electron chi connectivity index (χ0n) is 22.3. The predicted octanol–water partition coefficient (Wildman–Crippen LogP) is 5.90. The number of nitrogen functional groups attached to an aromatic ring is 1. The van der Waals surface area contributed by atoms with Gasteiger partial charge in [0, 0.05) is 29.8 Å². The van der Waals surface area contributed by atoms with Crippen molar-refractivity contribution in [1.29, 1.82) is 5.53 Å². The molecule has 0 aliphatic heterocycles. The molecule has 0 aliphatic rings. The van der Waals surface area contributed by atoms with E-state index < -0.39 is 29.0 Å². The van der Waals surface area contributed by atoms with Gasteiger partial charge in [0.1, 0.15) is 22.9 Å². The van der Waals surface area contributed by atoms with Gasteiger partial charge in [0.25, 0.3) is 17.4 Å². The Morgan fingerprint density at radius 2 is 1.72 bits per heavy atom. The summed E-state index contributed by atoms with van der Waals surface area (Å²) in [6.07, 6.45) is 2.82. The first-order chi connectivity index (χ1) is 20.7. The maximum Gasteiger partial charge on any atom is 0.268 e. The van der Waals surface area contributed by atoms with Gasteiger partial charge in [-0.15, -0.1) is 5.11 Å². The number of nitrogens with zero attached hydrogens (tertiary/aromatic N) is 3. The summed E-state index contributed by atoms with van der Waals surface area (Å²) < 4.78 is 35.5. The van der Waals surface area contributed by atoms with Crippen LogP contribution in [0.5, 0.6) is 11.5 Å². The number of carbonyl (C=O) groups excluding carboxylic acids is 2. The quantitative estimate of drug-likeness (QED) is 0.194. The average Bonchev–Trinajstić information content (AvgIpc) is 3.00. The van der Waals surface area contributed by atoms with Gasteiger partial charge in [0.15, 0.2) is 11.6 Å². The van der Waals surface area contributed by atoms with E-state index in [0.29, 0.717) is 22.4 Å². The van der Waals surface area contributed by atoms with Crippen molar-refractivity contribution in [1.82, 2.24) is 9.55 Å². The highest BCUT2D eigenvalue weighted by atomic mass is 19.1. The molecule has 5 aromatic rings. The van der Waals surface area contributed by atoms with Gasteiger partial charge in [0.05, 0.1) is 12.0 Å². The van der Waals surface area contributed by atoms with Crippen LogP contribution in [0.2, 0.25) is 0 Å². The van der Waals surface area contributed by atoms with E-state index in [9.17, 15) is 18.8 Å². The van der Waals surface area contributed by atoms with Crippen LogP contribution < -0.4 is 21.3 Å². The Morgan fingerprint density at radius 3 is 2.42 bits per heavy atom. The van der Waals surface area contributed by atoms with Gasteiger partial charge in [-0.2, -0.15) is 0 Å². The third kappa shape index (κ3) is 6.33. The van der Waals surface area contributed by atoms with Gasteiger partial charge in [0.2, 0.25) is 0 Å². The molecule has 12 heteroatoms. The van der Waals surface area contributed by atoms with Crippen LogP contribution in [0.4, 0.5) is 20.3 Å². The molecule has 0 atom stereocenters. The number of halogens is 2. The number of aromatic nitrogens is 2. The molecule has 0 aliphatic carbocycles. The van der Waals surface area contributed by atoms with Crippen LogP contribution in [-0.4, -0.2) is 21.4 Å². The highest BCUT2D eigenvalue weighted by molar-refractivity contribution is 6.04. The van der Waals surface area contributed by atoms with Crippen molar-refractivity contribution in [3.05, 3.63) is 130 Å². The maximum absolute atomic E-state index is 15.2. The first-order valence-electron chi connectivity index (χ1n) is 12.7. The fraction of sp³-hybridized carbons (Fsp3) is 0.0323. The molecular formula is C31H22F2N6O4. The number of amides is 2. The Hall–Kier alpha value is -6.04. The van der Waals surface area contributed by atoms with E-state index in [1.165, 1.54) is 71.6 Å². The van der Waals surface area contributed by atoms with Gasteiger partial charge in [-0.05, 0) is 65.7 Å². The zero-order valence-corrected chi connectivity index (χ0v) is 22.3. The molecule has 2 heterocycles. The number of pyridine rings is 2. The Balaban J connectivity index is 1.35. The van der Waals surface area contributed by atoms with E-state index in [1.54, 1.807) is 24.3 Å².